The topological polar surface area (TPSA) is 88.4 Å². The Morgan fingerprint density at radius 1 is 1.20 bits per heavy atom. The zero-order valence-corrected chi connectivity index (χ0v) is 9.72. The Bertz CT molecular complexity index is 179. The van der Waals surface area contributed by atoms with Gasteiger partial charge in [-0.25, -0.2) is 4.79 Å². The highest BCUT2D eigenvalue weighted by Crippen LogP contribution is 2.05. The van der Waals surface area contributed by atoms with Crippen molar-refractivity contribution in [3.8, 4) is 0 Å². The molecule has 0 aliphatic heterocycles. The molecule has 0 radical (unpaired) electrons. The summed E-state index contributed by atoms with van der Waals surface area (Å²) >= 11 is 0. The van der Waals surface area contributed by atoms with Gasteiger partial charge in [-0.1, -0.05) is 0 Å². The molecule has 6 heteroatoms. The van der Waals surface area contributed by atoms with Crippen LogP contribution in [-0.2, 0) is 4.74 Å². The molecule has 0 aliphatic carbocycles. The van der Waals surface area contributed by atoms with E-state index in [-0.39, 0.29) is 0 Å². The molecule has 0 heterocycles. The Morgan fingerprint density at radius 2 is 1.80 bits per heavy atom. The van der Waals surface area contributed by atoms with E-state index in [4.69, 9.17) is 10.5 Å². The normalized spacial score (nSPS) is 11.2. The van der Waals surface area contributed by atoms with Crippen LogP contribution >= 0.6 is 0 Å². The number of hydrogen-bond acceptors (Lipinski definition) is 5. The van der Waals surface area contributed by atoms with Gasteiger partial charge in [-0.05, 0) is 20.8 Å². The first-order chi connectivity index (χ1) is 6.95. The monoisotopic (exact) mass is 218 g/mol. The van der Waals surface area contributed by atoms with Gasteiger partial charge in [0.1, 0.15) is 5.60 Å². The minimum atomic E-state index is -0.449. The van der Waals surface area contributed by atoms with Crippen molar-refractivity contribution in [1.82, 2.24) is 16.2 Å². The molecule has 0 atom stereocenters. The highest BCUT2D eigenvalue weighted by Gasteiger charge is 2.15. The van der Waals surface area contributed by atoms with Gasteiger partial charge in [0, 0.05) is 26.2 Å². The zero-order chi connectivity index (χ0) is 11.7. The number of nitrogens with two attached hydrogens (primary N) is 1. The van der Waals surface area contributed by atoms with Gasteiger partial charge in [-0.15, -0.1) is 0 Å². The molecular formula is C9H22N4O2. The van der Waals surface area contributed by atoms with Crippen LogP contribution in [0.5, 0.6) is 0 Å². The van der Waals surface area contributed by atoms with Crippen LogP contribution < -0.4 is 21.9 Å². The number of hydrazine groups is 1. The smallest absolute Gasteiger partial charge is 0.407 e. The first-order valence-corrected chi connectivity index (χ1v) is 5.08. The molecule has 0 spiro atoms. The van der Waals surface area contributed by atoms with Crippen LogP contribution in [0.25, 0.3) is 0 Å². The van der Waals surface area contributed by atoms with Gasteiger partial charge in [-0.2, -0.15) is 0 Å². The summed E-state index contributed by atoms with van der Waals surface area (Å²) in [5, 5.41) is 2.62. The van der Waals surface area contributed by atoms with Crippen molar-refractivity contribution < 1.29 is 9.53 Å². The van der Waals surface area contributed by atoms with Crippen molar-refractivity contribution in [3.63, 3.8) is 0 Å². The van der Waals surface area contributed by atoms with Crippen LogP contribution in [-0.4, -0.2) is 37.9 Å². The van der Waals surface area contributed by atoms with Crippen molar-refractivity contribution in [2.45, 2.75) is 26.4 Å². The van der Waals surface area contributed by atoms with Crippen molar-refractivity contribution in [2.75, 3.05) is 26.2 Å². The lowest BCUT2D eigenvalue weighted by molar-refractivity contribution is 0.0528. The van der Waals surface area contributed by atoms with E-state index in [2.05, 4.69) is 16.2 Å². The standard InChI is InChI=1S/C9H22N4O2/c1-9(2,3)15-8(14)11-6-7-13-12-5-4-10/h12-13H,4-7,10H2,1-3H3,(H,11,14). The molecule has 15 heavy (non-hydrogen) atoms. The Hall–Kier alpha value is -0.850. The molecular weight excluding hydrogens is 196 g/mol. The molecule has 0 unspecified atom stereocenters. The molecule has 0 aromatic heterocycles. The van der Waals surface area contributed by atoms with E-state index in [1.807, 2.05) is 20.8 Å². The van der Waals surface area contributed by atoms with Crippen LogP contribution in [0.2, 0.25) is 0 Å². The fraction of sp³-hybridized carbons (Fsp3) is 0.889. The summed E-state index contributed by atoms with van der Waals surface area (Å²) < 4.78 is 5.05. The first kappa shape index (κ1) is 14.2. The van der Waals surface area contributed by atoms with Gasteiger partial charge in [0.25, 0.3) is 0 Å². The molecule has 0 rings (SSSR count). The summed E-state index contributed by atoms with van der Waals surface area (Å²) in [6.45, 7) is 7.89. The summed E-state index contributed by atoms with van der Waals surface area (Å²) in [6, 6.07) is 0. The van der Waals surface area contributed by atoms with Crippen molar-refractivity contribution in [2.24, 2.45) is 5.73 Å². The van der Waals surface area contributed by atoms with E-state index in [0.717, 1.165) is 0 Å². The maximum atomic E-state index is 11.1. The molecule has 0 aromatic rings. The lowest BCUT2D eigenvalue weighted by Crippen LogP contribution is -2.42. The third-order valence-corrected chi connectivity index (χ3v) is 1.31. The Morgan fingerprint density at radius 3 is 2.33 bits per heavy atom. The summed E-state index contributed by atoms with van der Waals surface area (Å²) in [7, 11) is 0. The van der Waals surface area contributed by atoms with E-state index < -0.39 is 11.7 Å². The quantitative estimate of drug-likeness (QED) is 0.359. The largest absolute Gasteiger partial charge is 0.444 e. The van der Waals surface area contributed by atoms with Crippen molar-refractivity contribution in [1.29, 1.82) is 0 Å². The molecule has 0 saturated heterocycles. The Kier molecular flexibility index (Phi) is 7.02. The zero-order valence-electron chi connectivity index (χ0n) is 9.72. The fourth-order valence-electron chi connectivity index (χ4n) is 0.790. The molecule has 0 bridgehead atoms. The van der Waals surface area contributed by atoms with Crippen molar-refractivity contribution in [3.05, 3.63) is 0 Å². The first-order valence-electron chi connectivity index (χ1n) is 5.08. The average molecular weight is 218 g/mol. The third kappa shape index (κ3) is 11.1. The van der Waals surface area contributed by atoms with Crippen LogP contribution in [0.3, 0.4) is 0 Å². The number of carbonyl (C=O) groups excluding carboxylic acids is 1. The van der Waals surface area contributed by atoms with Gasteiger partial charge >= 0.3 is 6.09 Å². The van der Waals surface area contributed by atoms with Gasteiger partial charge < -0.3 is 15.8 Å². The van der Waals surface area contributed by atoms with Crippen LogP contribution in [0.15, 0.2) is 0 Å². The average Bonchev–Trinajstić information content (AvgIpc) is 2.08. The van der Waals surface area contributed by atoms with E-state index in [0.29, 0.717) is 26.2 Å². The molecule has 0 aromatic carbocycles. The van der Waals surface area contributed by atoms with Crippen LogP contribution in [0, 0.1) is 0 Å². The van der Waals surface area contributed by atoms with Gasteiger partial charge in [0.05, 0.1) is 0 Å². The molecule has 6 nitrogen and oxygen atoms in total. The number of nitrogens with one attached hydrogen (secondary N) is 3. The lowest BCUT2D eigenvalue weighted by atomic mass is 10.2. The minimum Gasteiger partial charge on any atom is -0.444 e. The second-order valence-electron chi connectivity index (χ2n) is 4.07. The summed E-state index contributed by atoms with van der Waals surface area (Å²) in [5.41, 5.74) is 10.6. The maximum Gasteiger partial charge on any atom is 0.407 e. The molecule has 1 amide bonds. The molecule has 0 fully saturated rings. The number of amides is 1. The highest BCUT2D eigenvalue weighted by molar-refractivity contribution is 5.67. The number of alkyl carbamates (subject to hydrolysis) is 1. The van der Waals surface area contributed by atoms with E-state index in [1.54, 1.807) is 0 Å². The van der Waals surface area contributed by atoms with Gasteiger partial charge in [-0.3, -0.25) is 10.9 Å². The molecule has 90 valence electrons. The van der Waals surface area contributed by atoms with E-state index in [9.17, 15) is 4.79 Å². The molecule has 0 saturated carbocycles. The third-order valence-electron chi connectivity index (χ3n) is 1.31. The number of carbonyl (C=O) groups is 1. The van der Waals surface area contributed by atoms with Gasteiger partial charge in [0.15, 0.2) is 0 Å². The predicted molar refractivity (Wildman–Crippen MR) is 59.3 cm³/mol. The predicted octanol–water partition coefficient (Wildman–Crippen LogP) is -0.436. The number of hydrogen-bond donors (Lipinski definition) is 4. The summed E-state index contributed by atoms with van der Waals surface area (Å²) in [6.07, 6.45) is -0.400. The maximum absolute atomic E-state index is 11.1. The van der Waals surface area contributed by atoms with E-state index >= 15 is 0 Å². The minimum absolute atomic E-state index is 0.400. The second-order valence-corrected chi connectivity index (χ2v) is 4.07. The summed E-state index contributed by atoms with van der Waals surface area (Å²) in [5.74, 6) is 0. The van der Waals surface area contributed by atoms with Crippen LogP contribution in [0.4, 0.5) is 4.79 Å². The van der Waals surface area contributed by atoms with Crippen LogP contribution in [0.1, 0.15) is 20.8 Å². The Balaban J connectivity index is 3.32. The fourth-order valence-corrected chi connectivity index (χ4v) is 0.790. The molecule has 0 aliphatic rings. The summed E-state index contributed by atoms with van der Waals surface area (Å²) in [4.78, 5) is 11.1. The van der Waals surface area contributed by atoms with E-state index in [1.165, 1.54) is 0 Å². The van der Waals surface area contributed by atoms with Gasteiger partial charge in [0.2, 0.25) is 0 Å². The number of rotatable bonds is 6. The van der Waals surface area contributed by atoms with Crippen molar-refractivity contribution >= 4 is 6.09 Å². The number of ether oxygens (including phenoxy) is 1. The lowest BCUT2D eigenvalue weighted by Gasteiger charge is -2.19. The highest BCUT2D eigenvalue weighted by atomic mass is 16.6. The second kappa shape index (κ2) is 7.44. The SMILES string of the molecule is CC(C)(C)OC(=O)NCCNNCCN. The Labute approximate surface area is 90.9 Å². The molecule has 5 N–H and O–H groups in total.